The number of likely N-dealkylation sites (tertiary alicyclic amines) is 1. The van der Waals surface area contributed by atoms with Crippen molar-refractivity contribution < 1.29 is 9.47 Å². The fourth-order valence-electron chi connectivity index (χ4n) is 5.25. The monoisotopic (exact) mass is 505 g/mol. The fraction of sp³-hybridized carbons (Fsp3) is 0.219. The summed E-state index contributed by atoms with van der Waals surface area (Å²) in [6.45, 7) is 3.22. The van der Waals surface area contributed by atoms with E-state index in [0.29, 0.717) is 12.4 Å². The molecule has 6 heteroatoms. The Bertz CT molecular complexity index is 1570. The normalized spacial score (nSPS) is 14.5. The molecule has 0 atom stereocenters. The first-order valence-electron chi connectivity index (χ1n) is 13.2. The fourth-order valence-corrected chi connectivity index (χ4v) is 5.25. The Balaban J connectivity index is 1.09. The number of piperidine rings is 1. The molecule has 192 valence electrons. The van der Waals surface area contributed by atoms with Gasteiger partial charge in [0.15, 0.2) is 11.5 Å². The maximum atomic E-state index is 12.6. The molecule has 0 radical (unpaired) electrons. The standard InChI is InChI=1S/C32H31N3O3/c36-32-33-28-13-4-5-14-29(28)35(32)26-17-19-34(20-18-26)22-25-11-8-12-27(21-25)38-31-16-7-6-15-30(31)37-23-24-9-2-1-3-10-24/h1-16,21,26H,17-20,22-23H2,(H,33,36). The lowest BCUT2D eigenvalue weighted by atomic mass is 10.0. The topological polar surface area (TPSA) is 59.5 Å². The summed E-state index contributed by atoms with van der Waals surface area (Å²) >= 11 is 0. The van der Waals surface area contributed by atoms with Gasteiger partial charge in [0.25, 0.3) is 0 Å². The Kier molecular flexibility index (Phi) is 6.96. The van der Waals surface area contributed by atoms with Gasteiger partial charge in [0, 0.05) is 25.7 Å². The lowest BCUT2D eigenvalue weighted by molar-refractivity contribution is 0.180. The van der Waals surface area contributed by atoms with Gasteiger partial charge < -0.3 is 14.5 Å². The highest BCUT2D eigenvalue weighted by atomic mass is 16.5. The molecule has 5 aromatic rings. The Morgan fingerprint density at radius 2 is 1.47 bits per heavy atom. The first kappa shape index (κ1) is 24.1. The molecule has 0 amide bonds. The summed E-state index contributed by atoms with van der Waals surface area (Å²) in [7, 11) is 0. The van der Waals surface area contributed by atoms with Crippen LogP contribution in [0.3, 0.4) is 0 Å². The van der Waals surface area contributed by atoms with Gasteiger partial charge in [-0.05, 0) is 60.4 Å². The molecule has 38 heavy (non-hydrogen) atoms. The highest BCUT2D eigenvalue weighted by Crippen LogP contribution is 2.33. The number of ether oxygens (including phenoxy) is 2. The van der Waals surface area contributed by atoms with Crippen LogP contribution in [-0.4, -0.2) is 27.5 Å². The zero-order valence-corrected chi connectivity index (χ0v) is 21.3. The lowest BCUT2D eigenvalue weighted by Crippen LogP contribution is -2.36. The highest BCUT2D eigenvalue weighted by molar-refractivity contribution is 5.75. The van der Waals surface area contributed by atoms with E-state index in [2.05, 4.69) is 34.1 Å². The van der Waals surface area contributed by atoms with Crippen molar-refractivity contribution in [2.45, 2.75) is 32.0 Å². The van der Waals surface area contributed by atoms with Crippen LogP contribution in [0.2, 0.25) is 0 Å². The largest absolute Gasteiger partial charge is 0.485 e. The van der Waals surface area contributed by atoms with Gasteiger partial charge in [-0.1, -0.05) is 66.7 Å². The van der Waals surface area contributed by atoms with E-state index in [1.165, 1.54) is 5.56 Å². The predicted octanol–water partition coefficient (Wildman–Crippen LogP) is 6.54. The molecule has 0 saturated carbocycles. The molecule has 1 fully saturated rings. The molecule has 0 spiro atoms. The van der Waals surface area contributed by atoms with Crippen molar-refractivity contribution in [1.82, 2.24) is 14.5 Å². The summed E-state index contributed by atoms with van der Waals surface area (Å²) in [4.78, 5) is 18.0. The number of imidazole rings is 1. The highest BCUT2D eigenvalue weighted by Gasteiger charge is 2.23. The SMILES string of the molecule is O=c1[nH]c2ccccc2n1C1CCN(Cc2cccc(Oc3ccccc3OCc3ccccc3)c2)CC1. The average molecular weight is 506 g/mol. The van der Waals surface area contributed by atoms with Crippen molar-refractivity contribution in [1.29, 1.82) is 0 Å². The van der Waals surface area contributed by atoms with Crippen molar-refractivity contribution in [3.05, 3.63) is 125 Å². The van der Waals surface area contributed by atoms with Crippen molar-refractivity contribution >= 4 is 11.0 Å². The zero-order valence-electron chi connectivity index (χ0n) is 21.3. The number of hydrogen-bond donors (Lipinski definition) is 1. The summed E-state index contributed by atoms with van der Waals surface area (Å²) in [6, 6.07) is 34.3. The van der Waals surface area contributed by atoms with Crippen LogP contribution >= 0.6 is 0 Å². The second-order valence-corrected chi connectivity index (χ2v) is 9.80. The van der Waals surface area contributed by atoms with E-state index in [-0.39, 0.29) is 11.7 Å². The number of aromatic nitrogens is 2. The van der Waals surface area contributed by atoms with Gasteiger partial charge in [-0.3, -0.25) is 9.47 Å². The van der Waals surface area contributed by atoms with Crippen LogP contribution in [0.15, 0.2) is 108 Å². The summed E-state index contributed by atoms with van der Waals surface area (Å²) in [6.07, 6.45) is 1.90. The smallest absolute Gasteiger partial charge is 0.326 e. The molecule has 1 aliphatic rings. The number of para-hydroxylation sites is 4. The number of rotatable bonds is 8. The van der Waals surface area contributed by atoms with Crippen LogP contribution in [-0.2, 0) is 13.2 Å². The van der Waals surface area contributed by atoms with Crippen LogP contribution in [0.25, 0.3) is 11.0 Å². The van der Waals surface area contributed by atoms with Crippen LogP contribution in [0, 0.1) is 0 Å². The van der Waals surface area contributed by atoms with Gasteiger partial charge >= 0.3 is 5.69 Å². The minimum absolute atomic E-state index is 0.0115. The van der Waals surface area contributed by atoms with E-state index in [1.54, 1.807) is 0 Å². The predicted molar refractivity (Wildman–Crippen MR) is 150 cm³/mol. The first-order valence-corrected chi connectivity index (χ1v) is 13.2. The van der Waals surface area contributed by atoms with E-state index >= 15 is 0 Å². The Morgan fingerprint density at radius 3 is 2.32 bits per heavy atom. The summed E-state index contributed by atoms with van der Waals surface area (Å²) in [5.41, 5.74) is 4.20. The van der Waals surface area contributed by atoms with Gasteiger partial charge in [-0.15, -0.1) is 0 Å². The summed E-state index contributed by atoms with van der Waals surface area (Å²) in [5, 5.41) is 0. The minimum atomic E-state index is -0.0115. The third kappa shape index (κ3) is 5.36. The maximum Gasteiger partial charge on any atom is 0.326 e. The molecular formula is C32H31N3O3. The van der Waals surface area contributed by atoms with E-state index in [4.69, 9.17) is 9.47 Å². The number of benzene rings is 4. The van der Waals surface area contributed by atoms with Crippen molar-refractivity contribution in [2.24, 2.45) is 0 Å². The molecule has 1 N–H and O–H groups in total. The van der Waals surface area contributed by atoms with Crippen LogP contribution in [0.1, 0.15) is 30.0 Å². The van der Waals surface area contributed by atoms with Gasteiger partial charge in [0.2, 0.25) is 0 Å². The van der Waals surface area contributed by atoms with Gasteiger partial charge in [0.05, 0.1) is 11.0 Å². The number of aromatic amines is 1. The molecule has 4 aromatic carbocycles. The lowest BCUT2D eigenvalue weighted by Gasteiger charge is -2.32. The average Bonchev–Trinajstić information content (AvgIpc) is 3.29. The summed E-state index contributed by atoms with van der Waals surface area (Å²) < 4.78 is 14.3. The number of nitrogens with zero attached hydrogens (tertiary/aromatic N) is 2. The molecule has 1 aliphatic heterocycles. The van der Waals surface area contributed by atoms with E-state index < -0.39 is 0 Å². The van der Waals surface area contributed by atoms with Crippen LogP contribution in [0.5, 0.6) is 17.2 Å². The first-order chi connectivity index (χ1) is 18.7. The minimum Gasteiger partial charge on any atom is -0.485 e. The van der Waals surface area contributed by atoms with Gasteiger partial charge in [0.1, 0.15) is 12.4 Å². The molecular weight excluding hydrogens is 474 g/mol. The quantitative estimate of drug-likeness (QED) is 0.260. The third-order valence-electron chi connectivity index (χ3n) is 7.16. The number of nitrogens with one attached hydrogen (secondary N) is 1. The Morgan fingerprint density at radius 1 is 0.763 bits per heavy atom. The Labute approximate surface area is 222 Å². The van der Waals surface area contributed by atoms with Crippen molar-refractivity contribution in [3.8, 4) is 17.2 Å². The zero-order chi connectivity index (χ0) is 25.7. The molecule has 0 bridgehead atoms. The molecule has 2 heterocycles. The number of hydrogen-bond acceptors (Lipinski definition) is 4. The van der Waals surface area contributed by atoms with E-state index in [1.807, 2.05) is 83.4 Å². The van der Waals surface area contributed by atoms with E-state index in [0.717, 1.165) is 60.6 Å². The Hall–Kier alpha value is -4.29. The molecule has 0 aliphatic carbocycles. The van der Waals surface area contributed by atoms with Crippen molar-refractivity contribution in [2.75, 3.05) is 13.1 Å². The van der Waals surface area contributed by atoms with E-state index in [9.17, 15) is 4.79 Å². The third-order valence-corrected chi connectivity index (χ3v) is 7.16. The second kappa shape index (κ2) is 11.0. The number of H-pyrrole nitrogens is 1. The van der Waals surface area contributed by atoms with Gasteiger partial charge in [-0.25, -0.2) is 4.79 Å². The molecule has 1 saturated heterocycles. The molecule has 1 aromatic heterocycles. The molecule has 0 unspecified atom stereocenters. The molecule has 6 nitrogen and oxygen atoms in total. The van der Waals surface area contributed by atoms with Gasteiger partial charge in [-0.2, -0.15) is 0 Å². The molecule has 6 rings (SSSR count). The second-order valence-electron chi connectivity index (χ2n) is 9.80. The van der Waals surface area contributed by atoms with Crippen molar-refractivity contribution in [3.63, 3.8) is 0 Å². The van der Waals surface area contributed by atoms with Crippen LogP contribution in [0.4, 0.5) is 0 Å². The summed E-state index contributed by atoms with van der Waals surface area (Å²) in [5.74, 6) is 2.21. The maximum absolute atomic E-state index is 12.6. The number of fused-ring (bicyclic) bond motifs is 1. The van der Waals surface area contributed by atoms with Crippen LogP contribution < -0.4 is 15.2 Å².